The van der Waals surface area contributed by atoms with Crippen LogP contribution in [0.2, 0.25) is 0 Å². The summed E-state index contributed by atoms with van der Waals surface area (Å²) in [7, 11) is 0. The van der Waals surface area contributed by atoms with Gasteiger partial charge >= 0.3 is 0 Å². The number of hydrogen-bond acceptors (Lipinski definition) is 1. The van der Waals surface area contributed by atoms with Gasteiger partial charge in [-0.15, -0.1) is 19.3 Å². The lowest BCUT2D eigenvalue weighted by Crippen LogP contribution is -1.99. The van der Waals surface area contributed by atoms with E-state index in [1.54, 1.807) is 6.07 Å². The molecule has 0 heterocycles. The third-order valence-electron chi connectivity index (χ3n) is 1.86. The zero-order chi connectivity index (χ0) is 11.4. The van der Waals surface area contributed by atoms with Gasteiger partial charge in [-0.1, -0.05) is 17.8 Å². The number of halogens is 1. The predicted octanol–water partition coefficient (Wildman–Crippen LogP) is 2.01. The van der Waals surface area contributed by atoms with E-state index in [2.05, 4.69) is 17.8 Å². The molecule has 1 nitrogen and oxygen atoms in total. The summed E-state index contributed by atoms with van der Waals surface area (Å²) in [5.41, 5.74) is 1.30. The first-order valence-electron chi connectivity index (χ1n) is 3.92. The highest BCUT2D eigenvalue weighted by Crippen LogP contribution is 2.19. The standard InChI is InChI=1S/C13H5ClO/c1-4-9-7-8-12(13(14)15)11(6-3)10(9)5-2/h1-3,7-8H. The Hall–Kier alpha value is -2.14. The lowest BCUT2D eigenvalue weighted by atomic mass is 9.97. The van der Waals surface area contributed by atoms with Gasteiger partial charge in [-0.3, -0.25) is 4.79 Å². The Kier molecular flexibility index (Phi) is 3.20. The van der Waals surface area contributed by atoms with E-state index in [-0.39, 0.29) is 11.1 Å². The Morgan fingerprint density at radius 1 is 1.07 bits per heavy atom. The van der Waals surface area contributed by atoms with Crippen molar-refractivity contribution in [3.05, 3.63) is 34.4 Å². The maximum atomic E-state index is 11.0. The smallest absolute Gasteiger partial charge is 0.253 e. The Balaban J connectivity index is 3.69. The zero-order valence-corrected chi connectivity index (χ0v) is 8.43. The average molecular weight is 213 g/mol. The van der Waals surface area contributed by atoms with Crippen molar-refractivity contribution in [2.75, 3.05) is 0 Å². The van der Waals surface area contributed by atoms with Gasteiger partial charge in [0.1, 0.15) is 0 Å². The van der Waals surface area contributed by atoms with Crippen molar-refractivity contribution < 1.29 is 4.79 Å². The van der Waals surface area contributed by atoms with Crippen LogP contribution < -0.4 is 0 Å². The first-order chi connectivity index (χ1) is 7.15. The molecule has 0 bridgehead atoms. The van der Waals surface area contributed by atoms with E-state index in [1.165, 1.54) is 6.07 Å². The summed E-state index contributed by atoms with van der Waals surface area (Å²) in [5, 5.41) is -0.650. The molecule has 0 aromatic heterocycles. The summed E-state index contributed by atoms with van der Waals surface area (Å²) >= 11 is 5.36. The molecule has 0 amide bonds. The highest BCUT2D eigenvalue weighted by atomic mass is 35.5. The zero-order valence-electron chi connectivity index (χ0n) is 7.67. The van der Waals surface area contributed by atoms with Crippen LogP contribution in [0, 0.1) is 37.0 Å². The predicted molar refractivity (Wildman–Crippen MR) is 60.4 cm³/mol. The van der Waals surface area contributed by atoms with Crippen molar-refractivity contribution >= 4 is 16.8 Å². The molecule has 70 valence electrons. The van der Waals surface area contributed by atoms with E-state index in [9.17, 15) is 4.79 Å². The summed E-state index contributed by atoms with van der Waals surface area (Å²) < 4.78 is 0. The van der Waals surface area contributed by atoms with Crippen LogP contribution in [0.15, 0.2) is 12.1 Å². The molecule has 0 N–H and O–H groups in total. The van der Waals surface area contributed by atoms with E-state index < -0.39 is 5.24 Å². The molecule has 15 heavy (non-hydrogen) atoms. The van der Waals surface area contributed by atoms with Crippen LogP contribution in [0.25, 0.3) is 0 Å². The van der Waals surface area contributed by atoms with Gasteiger partial charge in [0.25, 0.3) is 5.24 Å². The third kappa shape index (κ3) is 1.87. The minimum atomic E-state index is -0.650. The lowest BCUT2D eigenvalue weighted by molar-refractivity contribution is 0.108. The van der Waals surface area contributed by atoms with Gasteiger partial charge in [-0.2, -0.15) is 0 Å². The molecule has 2 heteroatoms. The highest BCUT2D eigenvalue weighted by Gasteiger charge is 2.13. The molecule has 1 rings (SSSR count). The number of hydrogen-bond donors (Lipinski definition) is 0. The first-order valence-corrected chi connectivity index (χ1v) is 4.30. The number of rotatable bonds is 1. The molecule has 0 saturated carbocycles. The molecule has 0 aliphatic heterocycles. The molecule has 0 aliphatic rings. The van der Waals surface area contributed by atoms with Crippen molar-refractivity contribution in [2.45, 2.75) is 0 Å². The second kappa shape index (κ2) is 4.39. The van der Waals surface area contributed by atoms with Crippen LogP contribution in [0.3, 0.4) is 0 Å². The minimum Gasteiger partial charge on any atom is -0.276 e. The van der Waals surface area contributed by atoms with Gasteiger partial charge in [0, 0.05) is 5.56 Å². The van der Waals surface area contributed by atoms with Gasteiger partial charge in [0.2, 0.25) is 0 Å². The van der Waals surface area contributed by atoms with Crippen molar-refractivity contribution in [1.29, 1.82) is 0 Å². The van der Waals surface area contributed by atoms with Gasteiger partial charge in [0.05, 0.1) is 16.7 Å². The van der Waals surface area contributed by atoms with E-state index in [0.29, 0.717) is 11.1 Å². The summed E-state index contributed by atoms with van der Waals surface area (Å²) in [4.78, 5) is 11.0. The van der Waals surface area contributed by atoms with Crippen LogP contribution >= 0.6 is 11.6 Å². The van der Waals surface area contributed by atoms with Crippen LogP contribution in [0.1, 0.15) is 27.0 Å². The molecule has 1 aromatic rings. The minimum absolute atomic E-state index is 0.200. The molecular weight excluding hydrogens is 208 g/mol. The van der Waals surface area contributed by atoms with E-state index in [1.807, 2.05) is 0 Å². The fourth-order valence-corrected chi connectivity index (χ4v) is 1.34. The van der Waals surface area contributed by atoms with Gasteiger partial charge in [0.15, 0.2) is 0 Å². The molecule has 0 radical (unpaired) electrons. The fraction of sp³-hybridized carbons (Fsp3) is 0. The first kappa shape index (κ1) is 10.9. The van der Waals surface area contributed by atoms with E-state index >= 15 is 0 Å². The normalized spacial score (nSPS) is 8.40. The van der Waals surface area contributed by atoms with Crippen LogP contribution in [0.5, 0.6) is 0 Å². The molecule has 0 atom stereocenters. The maximum Gasteiger partial charge on any atom is 0.253 e. The molecule has 0 aliphatic carbocycles. The second-order valence-electron chi connectivity index (χ2n) is 2.62. The van der Waals surface area contributed by atoms with E-state index in [0.717, 1.165) is 0 Å². The van der Waals surface area contributed by atoms with Crippen molar-refractivity contribution in [1.82, 2.24) is 0 Å². The van der Waals surface area contributed by atoms with Crippen molar-refractivity contribution in [3.8, 4) is 37.0 Å². The van der Waals surface area contributed by atoms with Crippen molar-refractivity contribution in [2.24, 2.45) is 0 Å². The fourth-order valence-electron chi connectivity index (χ4n) is 1.19. The molecule has 0 spiro atoms. The number of carbonyl (C=O) groups is 1. The lowest BCUT2D eigenvalue weighted by Gasteiger charge is -2.04. The van der Waals surface area contributed by atoms with E-state index in [4.69, 9.17) is 30.9 Å². The van der Waals surface area contributed by atoms with Gasteiger partial charge in [-0.05, 0) is 23.7 Å². The molecule has 0 saturated heterocycles. The molecule has 0 fully saturated rings. The second-order valence-corrected chi connectivity index (χ2v) is 2.96. The number of carbonyl (C=O) groups excluding carboxylic acids is 1. The highest BCUT2D eigenvalue weighted by molar-refractivity contribution is 6.68. The Morgan fingerprint density at radius 2 is 1.67 bits per heavy atom. The summed E-state index contributed by atoms with van der Waals surface area (Å²) in [6, 6.07) is 3.02. The molecular formula is C13H5ClO. The maximum absolute atomic E-state index is 11.0. The summed E-state index contributed by atoms with van der Waals surface area (Å²) in [6.07, 6.45) is 15.8. The topological polar surface area (TPSA) is 17.1 Å². The van der Waals surface area contributed by atoms with Crippen molar-refractivity contribution in [3.63, 3.8) is 0 Å². The van der Waals surface area contributed by atoms with Crippen LogP contribution in [0.4, 0.5) is 0 Å². The Labute approximate surface area is 93.4 Å². The Morgan fingerprint density at radius 3 is 2.07 bits per heavy atom. The summed E-state index contributed by atoms with van der Waals surface area (Å²) in [6.45, 7) is 0. The largest absolute Gasteiger partial charge is 0.276 e. The van der Waals surface area contributed by atoms with Gasteiger partial charge in [-0.25, -0.2) is 0 Å². The molecule has 1 aromatic carbocycles. The van der Waals surface area contributed by atoms with Crippen LogP contribution in [-0.4, -0.2) is 5.24 Å². The Bertz CT molecular complexity index is 548. The monoisotopic (exact) mass is 212 g/mol. The quantitative estimate of drug-likeness (QED) is 0.514. The summed E-state index contributed by atoms with van der Waals surface area (Å²) in [5.74, 6) is 7.09. The molecule has 0 unspecified atom stereocenters. The van der Waals surface area contributed by atoms with Gasteiger partial charge < -0.3 is 0 Å². The number of terminal acetylenes is 3. The van der Waals surface area contributed by atoms with Crippen LogP contribution in [-0.2, 0) is 0 Å². The number of benzene rings is 1. The average Bonchev–Trinajstić information content (AvgIpc) is 2.26. The SMILES string of the molecule is C#Cc1ccc(C(=O)Cl)c(C#C)c1C#C. The third-order valence-corrected chi connectivity index (χ3v) is 2.06.